The van der Waals surface area contributed by atoms with Gasteiger partial charge in [-0.05, 0) is 31.0 Å². The van der Waals surface area contributed by atoms with Gasteiger partial charge in [0.15, 0.2) is 0 Å². The number of benzene rings is 1. The van der Waals surface area contributed by atoms with Crippen molar-refractivity contribution in [1.29, 1.82) is 0 Å². The molecule has 0 aliphatic rings. The number of hydrogen-bond acceptors (Lipinski definition) is 4. The van der Waals surface area contributed by atoms with Crippen LogP contribution in [-0.2, 0) is 17.9 Å². The molecule has 0 unspecified atom stereocenters. The number of ether oxygens (including phenoxy) is 1. The van der Waals surface area contributed by atoms with E-state index >= 15 is 0 Å². The minimum absolute atomic E-state index is 0.0218. The molecule has 23 heavy (non-hydrogen) atoms. The quantitative estimate of drug-likeness (QED) is 0.716. The minimum Gasteiger partial charge on any atom is -0.394 e. The minimum atomic E-state index is 0.0218. The first kappa shape index (κ1) is 18.3. The summed E-state index contributed by atoms with van der Waals surface area (Å²) in [7, 11) is 0. The number of nitrogens with zero attached hydrogens (tertiary/aromatic N) is 2. The van der Waals surface area contributed by atoms with Crippen molar-refractivity contribution < 1.29 is 9.84 Å². The molecule has 0 radical (unpaired) electrons. The standard InChI is InChI=1S/C17H23ClN2O2S/c1-4-20-15(11-22-9-8-21)19-17(16(20)12(2)3)23-14-7-5-6-13(18)10-14/h5-7,10,12,21H,4,8-9,11H2,1-3H3. The summed E-state index contributed by atoms with van der Waals surface area (Å²) in [5, 5.41) is 10.6. The van der Waals surface area contributed by atoms with Crippen LogP contribution in [0.1, 0.15) is 38.2 Å². The Balaban J connectivity index is 2.33. The van der Waals surface area contributed by atoms with Gasteiger partial charge < -0.3 is 14.4 Å². The largest absolute Gasteiger partial charge is 0.394 e. The molecule has 2 rings (SSSR count). The van der Waals surface area contributed by atoms with E-state index in [4.69, 9.17) is 26.4 Å². The van der Waals surface area contributed by atoms with Crippen LogP contribution in [0, 0.1) is 0 Å². The van der Waals surface area contributed by atoms with E-state index in [1.165, 1.54) is 5.69 Å². The number of aliphatic hydroxyl groups is 1. The Labute approximate surface area is 146 Å². The van der Waals surface area contributed by atoms with Gasteiger partial charge in [0.2, 0.25) is 0 Å². The summed E-state index contributed by atoms with van der Waals surface area (Å²) in [6.07, 6.45) is 0. The summed E-state index contributed by atoms with van der Waals surface area (Å²) in [5.74, 6) is 1.25. The van der Waals surface area contributed by atoms with Crippen LogP contribution in [0.25, 0.3) is 0 Å². The molecule has 0 fully saturated rings. The predicted octanol–water partition coefficient (Wildman–Crippen LogP) is 4.34. The van der Waals surface area contributed by atoms with E-state index < -0.39 is 0 Å². The molecular weight excluding hydrogens is 332 g/mol. The molecule has 0 bridgehead atoms. The SMILES string of the molecule is CCn1c(COCCO)nc(Sc2cccc(Cl)c2)c1C(C)C. The van der Waals surface area contributed by atoms with Gasteiger partial charge in [0.1, 0.15) is 17.5 Å². The van der Waals surface area contributed by atoms with Crippen molar-refractivity contribution in [3.05, 3.63) is 40.8 Å². The average molecular weight is 355 g/mol. The highest BCUT2D eigenvalue weighted by Crippen LogP contribution is 2.35. The molecule has 1 N–H and O–H groups in total. The third kappa shape index (κ3) is 4.73. The summed E-state index contributed by atoms with van der Waals surface area (Å²) in [5.41, 5.74) is 1.21. The Morgan fingerprint density at radius 3 is 2.78 bits per heavy atom. The van der Waals surface area contributed by atoms with Crippen molar-refractivity contribution in [2.24, 2.45) is 0 Å². The van der Waals surface area contributed by atoms with Crippen molar-refractivity contribution in [3.8, 4) is 0 Å². The van der Waals surface area contributed by atoms with E-state index in [1.807, 2.05) is 24.3 Å². The second-order valence-corrected chi connectivity index (χ2v) is 6.95. The number of hydrogen-bond donors (Lipinski definition) is 1. The Kier molecular flexibility index (Phi) is 6.96. The van der Waals surface area contributed by atoms with E-state index in [9.17, 15) is 0 Å². The van der Waals surface area contributed by atoms with Gasteiger partial charge in [0.05, 0.1) is 18.9 Å². The highest BCUT2D eigenvalue weighted by molar-refractivity contribution is 7.99. The normalized spacial score (nSPS) is 11.4. The molecule has 1 aromatic heterocycles. The number of imidazole rings is 1. The summed E-state index contributed by atoms with van der Waals surface area (Å²) in [6.45, 7) is 8.04. The lowest BCUT2D eigenvalue weighted by Gasteiger charge is -2.13. The number of halogens is 1. The van der Waals surface area contributed by atoms with Crippen LogP contribution in [0.5, 0.6) is 0 Å². The maximum absolute atomic E-state index is 8.87. The van der Waals surface area contributed by atoms with Crippen LogP contribution in [0.4, 0.5) is 0 Å². The fourth-order valence-electron chi connectivity index (χ4n) is 2.46. The molecule has 0 saturated heterocycles. The smallest absolute Gasteiger partial charge is 0.136 e. The van der Waals surface area contributed by atoms with Crippen molar-refractivity contribution in [2.75, 3.05) is 13.2 Å². The summed E-state index contributed by atoms with van der Waals surface area (Å²) >= 11 is 7.70. The topological polar surface area (TPSA) is 47.3 Å². The molecule has 0 atom stereocenters. The van der Waals surface area contributed by atoms with Gasteiger partial charge in [-0.15, -0.1) is 0 Å². The van der Waals surface area contributed by atoms with E-state index in [-0.39, 0.29) is 6.61 Å². The Morgan fingerprint density at radius 2 is 2.17 bits per heavy atom. The zero-order valence-corrected chi connectivity index (χ0v) is 15.3. The van der Waals surface area contributed by atoms with Gasteiger partial charge in [-0.1, -0.05) is 43.3 Å². The highest BCUT2D eigenvalue weighted by atomic mass is 35.5. The van der Waals surface area contributed by atoms with Crippen molar-refractivity contribution in [3.63, 3.8) is 0 Å². The van der Waals surface area contributed by atoms with E-state index in [1.54, 1.807) is 11.8 Å². The zero-order valence-electron chi connectivity index (χ0n) is 13.8. The first-order valence-electron chi connectivity index (χ1n) is 7.78. The highest BCUT2D eigenvalue weighted by Gasteiger charge is 2.19. The third-order valence-corrected chi connectivity index (χ3v) is 4.61. The molecule has 0 spiro atoms. The molecule has 4 nitrogen and oxygen atoms in total. The maximum atomic E-state index is 8.87. The van der Waals surface area contributed by atoms with Crippen LogP contribution in [0.2, 0.25) is 5.02 Å². The monoisotopic (exact) mass is 354 g/mol. The zero-order chi connectivity index (χ0) is 16.8. The van der Waals surface area contributed by atoms with Gasteiger partial charge in [-0.2, -0.15) is 0 Å². The molecular formula is C17H23ClN2O2S. The molecule has 1 aromatic carbocycles. The second kappa shape index (κ2) is 8.73. The predicted molar refractivity (Wildman–Crippen MR) is 94.3 cm³/mol. The van der Waals surface area contributed by atoms with Crippen LogP contribution in [-0.4, -0.2) is 27.9 Å². The average Bonchev–Trinajstić information content (AvgIpc) is 2.85. The van der Waals surface area contributed by atoms with Crippen molar-refractivity contribution in [1.82, 2.24) is 9.55 Å². The Morgan fingerprint density at radius 1 is 1.39 bits per heavy atom. The second-order valence-electron chi connectivity index (χ2n) is 5.45. The van der Waals surface area contributed by atoms with Crippen molar-refractivity contribution >= 4 is 23.4 Å². The first-order valence-corrected chi connectivity index (χ1v) is 8.97. The molecule has 6 heteroatoms. The van der Waals surface area contributed by atoms with Crippen LogP contribution >= 0.6 is 23.4 Å². The lowest BCUT2D eigenvalue weighted by molar-refractivity contribution is 0.0759. The number of aromatic nitrogens is 2. The molecule has 1 heterocycles. The van der Waals surface area contributed by atoms with Crippen LogP contribution in [0.3, 0.4) is 0 Å². The molecule has 2 aromatic rings. The van der Waals surface area contributed by atoms with Crippen molar-refractivity contribution in [2.45, 2.75) is 49.8 Å². The van der Waals surface area contributed by atoms with Gasteiger partial charge in [0.25, 0.3) is 0 Å². The van der Waals surface area contributed by atoms with Crippen LogP contribution in [0.15, 0.2) is 34.2 Å². The third-order valence-electron chi connectivity index (χ3n) is 3.39. The molecule has 0 amide bonds. The summed E-state index contributed by atoms with van der Waals surface area (Å²) in [4.78, 5) is 5.85. The van der Waals surface area contributed by atoms with Gasteiger partial charge in [-0.3, -0.25) is 0 Å². The maximum Gasteiger partial charge on any atom is 0.136 e. The lowest BCUT2D eigenvalue weighted by atomic mass is 10.1. The van der Waals surface area contributed by atoms with Gasteiger partial charge in [0, 0.05) is 16.5 Å². The molecule has 0 aliphatic carbocycles. The van der Waals surface area contributed by atoms with Gasteiger partial charge in [-0.25, -0.2) is 4.98 Å². The number of aliphatic hydroxyl groups excluding tert-OH is 1. The number of rotatable bonds is 8. The fraction of sp³-hybridized carbons (Fsp3) is 0.471. The van der Waals surface area contributed by atoms with E-state index in [0.29, 0.717) is 19.1 Å². The summed E-state index contributed by atoms with van der Waals surface area (Å²) < 4.78 is 7.67. The fourth-order valence-corrected chi connectivity index (χ4v) is 3.87. The lowest BCUT2D eigenvalue weighted by Crippen LogP contribution is -2.09. The Hall–Kier alpha value is -1.01. The van der Waals surface area contributed by atoms with E-state index in [2.05, 4.69) is 25.3 Å². The molecule has 126 valence electrons. The van der Waals surface area contributed by atoms with Gasteiger partial charge >= 0.3 is 0 Å². The van der Waals surface area contributed by atoms with Crippen LogP contribution < -0.4 is 0 Å². The first-order chi connectivity index (χ1) is 11.1. The Bertz CT molecular complexity index is 644. The summed E-state index contributed by atoms with van der Waals surface area (Å²) in [6, 6.07) is 7.80. The molecule has 0 saturated carbocycles. The van der Waals surface area contributed by atoms with E-state index in [0.717, 1.165) is 27.3 Å². The molecule has 0 aliphatic heterocycles.